The summed E-state index contributed by atoms with van der Waals surface area (Å²) in [5, 5.41) is 11.4. The first-order chi connectivity index (χ1) is 7.61. The number of hydrogen-bond donors (Lipinski definition) is 2. The Balaban J connectivity index is 2.42. The van der Waals surface area contributed by atoms with Crippen molar-refractivity contribution in [1.82, 2.24) is 4.90 Å². The predicted octanol–water partition coefficient (Wildman–Crippen LogP) is 2.02. The number of amidine groups is 1. The van der Waals surface area contributed by atoms with Gasteiger partial charge in [-0.05, 0) is 24.7 Å². The first-order valence-corrected chi connectivity index (χ1v) is 5.80. The smallest absolute Gasteiger partial charge is 0.140 e. The van der Waals surface area contributed by atoms with Gasteiger partial charge < -0.3 is 15.8 Å². The molecule has 1 aromatic carbocycles. The van der Waals surface area contributed by atoms with Crippen molar-refractivity contribution >= 4 is 21.8 Å². The molecule has 0 aromatic heterocycles. The second-order valence-corrected chi connectivity index (χ2v) is 4.62. The molecule has 88 valence electrons. The normalized spacial score (nSPS) is 12.1. The van der Waals surface area contributed by atoms with Crippen molar-refractivity contribution in [3.8, 4) is 0 Å². The summed E-state index contributed by atoms with van der Waals surface area (Å²) >= 11 is 3.43. The average Bonchev–Trinajstić information content (AvgIpc) is 2.26. The quantitative estimate of drug-likeness (QED) is 0.377. The average molecular weight is 286 g/mol. The largest absolute Gasteiger partial charge is 0.409 e. The lowest BCUT2D eigenvalue weighted by Gasteiger charge is -2.16. The van der Waals surface area contributed by atoms with Gasteiger partial charge in [-0.25, -0.2) is 0 Å². The third-order valence-corrected chi connectivity index (χ3v) is 2.71. The standard InChI is InChI=1S/C11H16BrN3O/c1-15(6-5-11(13)14-16)8-9-3-2-4-10(12)7-9/h2-4,7,16H,5-6,8H2,1H3,(H2,13,14). The van der Waals surface area contributed by atoms with E-state index in [0.29, 0.717) is 6.42 Å². The van der Waals surface area contributed by atoms with Crippen LogP contribution in [0.25, 0.3) is 0 Å². The molecule has 0 amide bonds. The van der Waals surface area contributed by atoms with Crippen molar-refractivity contribution in [2.45, 2.75) is 13.0 Å². The number of rotatable bonds is 5. The first-order valence-electron chi connectivity index (χ1n) is 5.01. The van der Waals surface area contributed by atoms with Crippen molar-refractivity contribution in [1.29, 1.82) is 0 Å². The second kappa shape index (κ2) is 6.50. The highest BCUT2D eigenvalue weighted by molar-refractivity contribution is 9.10. The van der Waals surface area contributed by atoms with E-state index in [9.17, 15) is 0 Å². The zero-order valence-electron chi connectivity index (χ0n) is 9.23. The zero-order chi connectivity index (χ0) is 12.0. The van der Waals surface area contributed by atoms with E-state index in [1.165, 1.54) is 5.56 Å². The monoisotopic (exact) mass is 285 g/mol. The minimum atomic E-state index is 0.265. The number of halogens is 1. The van der Waals surface area contributed by atoms with Gasteiger partial charge in [0.25, 0.3) is 0 Å². The number of nitrogens with two attached hydrogens (primary N) is 1. The molecule has 3 N–H and O–H groups in total. The number of benzene rings is 1. The molecular weight excluding hydrogens is 270 g/mol. The van der Waals surface area contributed by atoms with Gasteiger partial charge in [0, 0.05) is 24.0 Å². The molecule has 0 radical (unpaired) electrons. The lowest BCUT2D eigenvalue weighted by atomic mass is 10.2. The van der Waals surface area contributed by atoms with Gasteiger partial charge in [0.1, 0.15) is 5.84 Å². The third kappa shape index (κ3) is 4.63. The van der Waals surface area contributed by atoms with Crippen molar-refractivity contribution in [2.75, 3.05) is 13.6 Å². The molecule has 0 bridgehead atoms. The molecule has 0 aliphatic heterocycles. The van der Waals surface area contributed by atoms with Crippen molar-refractivity contribution in [3.63, 3.8) is 0 Å². The van der Waals surface area contributed by atoms with Gasteiger partial charge in [-0.15, -0.1) is 0 Å². The Hall–Kier alpha value is -1.07. The summed E-state index contributed by atoms with van der Waals surface area (Å²) in [5.41, 5.74) is 6.64. The molecule has 0 aliphatic rings. The molecule has 0 fully saturated rings. The summed E-state index contributed by atoms with van der Waals surface area (Å²) in [4.78, 5) is 2.12. The molecule has 1 aromatic rings. The van der Waals surface area contributed by atoms with E-state index >= 15 is 0 Å². The molecule has 0 spiro atoms. The lowest BCUT2D eigenvalue weighted by Crippen LogP contribution is -2.24. The molecule has 0 unspecified atom stereocenters. The minimum absolute atomic E-state index is 0.265. The van der Waals surface area contributed by atoms with Crippen LogP contribution in [0.15, 0.2) is 33.9 Å². The number of hydrogen-bond acceptors (Lipinski definition) is 3. The van der Waals surface area contributed by atoms with Crippen LogP contribution in [0, 0.1) is 0 Å². The molecule has 0 saturated carbocycles. The Morgan fingerprint density at radius 2 is 2.31 bits per heavy atom. The Kier molecular flexibility index (Phi) is 5.28. The van der Waals surface area contributed by atoms with Crippen LogP contribution in [-0.4, -0.2) is 29.5 Å². The van der Waals surface area contributed by atoms with Crippen LogP contribution in [0.1, 0.15) is 12.0 Å². The number of nitrogens with zero attached hydrogens (tertiary/aromatic N) is 2. The van der Waals surface area contributed by atoms with E-state index in [-0.39, 0.29) is 5.84 Å². The molecule has 0 heterocycles. The summed E-state index contributed by atoms with van der Waals surface area (Å²) in [6.07, 6.45) is 0.570. The minimum Gasteiger partial charge on any atom is -0.409 e. The van der Waals surface area contributed by atoms with Crippen LogP contribution < -0.4 is 5.73 Å². The van der Waals surface area contributed by atoms with E-state index in [1.807, 2.05) is 19.2 Å². The van der Waals surface area contributed by atoms with Gasteiger partial charge in [-0.1, -0.05) is 33.2 Å². The topological polar surface area (TPSA) is 61.8 Å². The van der Waals surface area contributed by atoms with E-state index in [0.717, 1.165) is 17.6 Å². The van der Waals surface area contributed by atoms with Gasteiger partial charge in [-0.2, -0.15) is 0 Å². The zero-order valence-corrected chi connectivity index (χ0v) is 10.8. The van der Waals surface area contributed by atoms with Crippen LogP contribution in [0.2, 0.25) is 0 Å². The highest BCUT2D eigenvalue weighted by Gasteiger charge is 2.02. The summed E-state index contributed by atoms with van der Waals surface area (Å²) in [6, 6.07) is 8.17. The van der Waals surface area contributed by atoms with E-state index < -0.39 is 0 Å². The molecule has 0 saturated heterocycles. The molecule has 16 heavy (non-hydrogen) atoms. The second-order valence-electron chi connectivity index (χ2n) is 3.71. The summed E-state index contributed by atoms with van der Waals surface area (Å²) < 4.78 is 1.08. The van der Waals surface area contributed by atoms with Gasteiger partial charge in [0.2, 0.25) is 0 Å². The lowest BCUT2D eigenvalue weighted by molar-refractivity contribution is 0.309. The van der Waals surface area contributed by atoms with Crippen LogP contribution in [0.3, 0.4) is 0 Å². The Bertz CT molecular complexity index is 368. The SMILES string of the molecule is CN(CC/C(N)=N/O)Cc1cccc(Br)c1. The Labute approximate surface area is 104 Å². The highest BCUT2D eigenvalue weighted by atomic mass is 79.9. The van der Waals surface area contributed by atoms with Crippen LogP contribution in [0.4, 0.5) is 0 Å². The maximum absolute atomic E-state index is 8.41. The Morgan fingerprint density at radius 3 is 2.94 bits per heavy atom. The Morgan fingerprint density at radius 1 is 1.56 bits per heavy atom. The molecule has 0 aliphatic carbocycles. The predicted molar refractivity (Wildman–Crippen MR) is 68.5 cm³/mol. The van der Waals surface area contributed by atoms with Crippen molar-refractivity contribution < 1.29 is 5.21 Å². The van der Waals surface area contributed by atoms with Crippen molar-refractivity contribution in [3.05, 3.63) is 34.3 Å². The summed E-state index contributed by atoms with van der Waals surface area (Å²) in [6.45, 7) is 1.61. The maximum atomic E-state index is 8.41. The van der Waals surface area contributed by atoms with Crippen LogP contribution >= 0.6 is 15.9 Å². The van der Waals surface area contributed by atoms with Gasteiger partial charge in [0.05, 0.1) is 0 Å². The van der Waals surface area contributed by atoms with Crippen LogP contribution in [-0.2, 0) is 6.54 Å². The maximum Gasteiger partial charge on any atom is 0.140 e. The van der Waals surface area contributed by atoms with E-state index in [1.54, 1.807) is 0 Å². The van der Waals surface area contributed by atoms with Gasteiger partial charge in [0.15, 0.2) is 0 Å². The summed E-state index contributed by atoms with van der Waals surface area (Å²) in [5.74, 6) is 0.265. The third-order valence-electron chi connectivity index (χ3n) is 2.22. The summed E-state index contributed by atoms with van der Waals surface area (Å²) in [7, 11) is 2.01. The molecule has 5 heteroatoms. The molecule has 0 atom stereocenters. The van der Waals surface area contributed by atoms with Gasteiger partial charge in [-0.3, -0.25) is 0 Å². The first kappa shape index (κ1) is 13.0. The molecule has 4 nitrogen and oxygen atoms in total. The molecular formula is C11H16BrN3O. The van der Waals surface area contributed by atoms with Gasteiger partial charge >= 0.3 is 0 Å². The highest BCUT2D eigenvalue weighted by Crippen LogP contribution is 2.12. The fourth-order valence-electron chi connectivity index (χ4n) is 1.38. The van der Waals surface area contributed by atoms with Crippen LogP contribution in [0.5, 0.6) is 0 Å². The van der Waals surface area contributed by atoms with Crippen molar-refractivity contribution in [2.24, 2.45) is 10.9 Å². The fourth-order valence-corrected chi connectivity index (χ4v) is 1.83. The number of oxime groups is 1. The molecule has 1 rings (SSSR count). The van der Waals surface area contributed by atoms with E-state index in [4.69, 9.17) is 10.9 Å². The van der Waals surface area contributed by atoms with E-state index in [2.05, 4.69) is 38.1 Å². The fraction of sp³-hybridized carbons (Fsp3) is 0.364.